The molecule has 0 unspecified atom stereocenters. The molecule has 3 aromatic carbocycles. The summed E-state index contributed by atoms with van der Waals surface area (Å²) in [5.41, 5.74) is 6.25. The molecule has 0 radical (unpaired) electrons. The molecule has 0 bridgehead atoms. The third kappa shape index (κ3) is 5.73. The van der Waals surface area contributed by atoms with Gasteiger partial charge in [-0.25, -0.2) is 18.4 Å². The molecule has 7 nitrogen and oxygen atoms in total. The quantitative estimate of drug-likeness (QED) is 0.370. The van der Waals surface area contributed by atoms with Crippen LogP contribution in [-0.4, -0.2) is 48.4 Å². The molecular formula is C33H33F2N3O4. The number of hydrogen-bond donors (Lipinski definition) is 2. The Morgan fingerprint density at radius 2 is 1.79 bits per heavy atom. The van der Waals surface area contributed by atoms with Crippen LogP contribution in [0.3, 0.4) is 0 Å². The van der Waals surface area contributed by atoms with Gasteiger partial charge in [0.1, 0.15) is 0 Å². The highest BCUT2D eigenvalue weighted by Gasteiger charge is 2.46. The van der Waals surface area contributed by atoms with Gasteiger partial charge in [-0.3, -0.25) is 4.79 Å². The molecule has 2 aliphatic carbocycles. The van der Waals surface area contributed by atoms with Gasteiger partial charge in [-0.2, -0.15) is 0 Å². The Morgan fingerprint density at radius 3 is 2.52 bits per heavy atom. The normalized spacial score (nSPS) is 20.6. The third-order valence-electron chi connectivity index (χ3n) is 8.62. The molecule has 2 N–H and O–H groups in total. The Labute approximate surface area is 243 Å². The minimum atomic E-state index is -2.72. The number of nitrogens with zero attached hydrogens (tertiary/aromatic N) is 1. The highest BCUT2D eigenvalue weighted by Crippen LogP contribution is 2.47. The molecule has 2 saturated carbocycles. The number of urea groups is 1. The van der Waals surface area contributed by atoms with E-state index in [0.717, 1.165) is 34.2 Å². The molecule has 2 fully saturated rings. The number of alkyl halides is 2. The van der Waals surface area contributed by atoms with Gasteiger partial charge < -0.3 is 20.3 Å². The van der Waals surface area contributed by atoms with E-state index in [9.17, 15) is 23.2 Å². The summed E-state index contributed by atoms with van der Waals surface area (Å²) >= 11 is 0. The van der Waals surface area contributed by atoms with Gasteiger partial charge in [0.05, 0.1) is 12.7 Å². The second-order valence-electron chi connectivity index (χ2n) is 11.5. The maximum Gasteiger partial charge on any atom is 0.337 e. The lowest BCUT2D eigenvalue weighted by molar-refractivity contribution is -0.122. The fraction of sp³-hybridized carbons (Fsp3) is 0.364. The fourth-order valence-corrected chi connectivity index (χ4v) is 6.18. The van der Waals surface area contributed by atoms with E-state index < -0.39 is 17.9 Å². The van der Waals surface area contributed by atoms with Crippen molar-refractivity contribution in [2.75, 3.05) is 13.7 Å². The summed E-state index contributed by atoms with van der Waals surface area (Å²) in [6, 6.07) is 20.3. The van der Waals surface area contributed by atoms with E-state index in [1.165, 1.54) is 12.7 Å². The number of hydrogen-bond acceptors (Lipinski definition) is 4. The van der Waals surface area contributed by atoms with E-state index in [1.54, 1.807) is 23.1 Å². The molecule has 2 atom stereocenters. The van der Waals surface area contributed by atoms with Gasteiger partial charge in [0.15, 0.2) is 0 Å². The number of methoxy groups -OCH3 is 1. The number of carbonyl (C=O) groups is 3. The number of rotatable bonds is 7. The molecule has 1 heterocycles. The first-order valence-corrected chi connectivity index (χ1v) is 14.3. The molecule has 218 valence electrons. The number of amides is 3. The van der Waals surface area contributed by atoms with Crippen molar-refractivity contribution in [2.24, 2.45) is 5.92 Å². The van der Waals surface area contributed by atoms with E-state index >= 15 is 0 Å². The van der Waals surface area contributed by atoms with Crippen molar-refractivity contribution in [3.63, 3.8) is 0 Å². The highest BCUT2D eigenvalue weighted by atomic mass is 19.3. The lowest BCUT2D eigenvalue weighted by Gasteiger charge is -2.38. The van der Waals surface area contributed by atoms with Crippen molar-refractivity contribution in [1.29, 1.82) is 0 Å². The van der Waals surface area contributed by atoms with E-state index in [2.05, 4.69) is 10.6 Å². The molecule has 0 saturated heterocycles. The van der Waals surface area contributed by atoms with Gasteiger partial charge in [-0.15, -0.1) is 0 Å². The van der Waals surface area contributed by atoms with Crippen LogP contribution in [0.1, 0.15) is 57.8 Å². The lowest BCUT2D eigenvalue weighted by atomic mass is 9.87. The molecule has 0 aromatic heterocycles. The maximum atomic E-state index is 13.3. The minimum Gasteiger partial charge on any atom is -0.465 e. The van der Waals surface area contributed by atoms with Crippen LogP contribution < -0.4 is 10.6 Å². The van der Waals surface area contributed by atoms with Crippen LogP contribution in [0.25, 0.3) is 11.1 Å². The van der Waals surface area contributed by atoms with Gasteiger partial charge in [0.25, 0.3) is 5.92 Å². The van der Waals surface area contributed by atoms with Gasteiger partial charge in [0, 0.05) is 44.4 Å². The zero-order chi connectivity index (χ0) is 29.4. The van der Waals surface area contributed by atoms with E-state index in [4.69, 9.17) is 4.74 Å². The van der Waals surface area contributed by atoms with Crippen LogP contribution in [-0.2, 0) is 29.0 Å². The summed E-state index contributed by atoms with van der Waals surface area (Å²) < 4.78 is 31.6. The zero-order valence-corrected chi connectivity index (χ0v) is 23.4. The van der Waals surface area contributed by atoms with Crippen LogP contribution in [0.15, 0.2) is 66.7 Å². The Balaban J connectivity index is 1.23. The summed E-state index contributed by atoms with van der Waals surface area (Å²) in [6.07, 6.45) is 0.679. The Morgan fingerprint density at radius 1 is 1.00 bits per heavy atom. The van der Waals surface area contributed by atoms with Crippen molar-refractivity contribution in [3.05, 3.63) is 94.5 Å². The van der Waals surface area contributed by atoms with Crippen molar-refractivity contribution in [2.45, 2.75) is 56.7 Å². The highest BCUT2D eigenvalue weighted by molar-refractivity contribution is 5.91. The minimum absolute atomic E-state index is 0.00350. The molecule has 0 spiro atoms. The summed E-state index contributed by atoms with van der Waals surface area (Å²) in [6.45, 7) is 1.02. The summed E-state index contributed by atoms with van der Waals surface area (Å²) in [5, 5.41) is 5.85. The predicted octanol–water partition coefficient (Wildman–Crippen LogP) is 5.43. The van der Waals surface area contributed by atoms with Gasteiger partial charge >= 0.3 is 12.0 Å². The SMILES string of the molecule is COC(=O)c1cccc(-c2ccc(CNC(=O)[C@H]3C[C@@H]3c3ccccc3)c3c2CCN(C(=O)NC2CC(F)(F)C2)C3)c1. The van der Waals surface area contributed by atoms with Crippen molar-refractivity contribution in [1.82, 2.24) is 15.5 Å². The third-order valence-corrected chi connectivity index (χ3v) is 8.62. The maximum absolute atomic E-state index is 13.3. The standard InChI is InChI=1S/C33H33F2N3O4/c1-42-31(40)22-9-5-8-21(14-22)25-11-10-23(18-36-30(39)28-15-27(28)20-6-3-2-4-7-20)29-19-38(13-12-26(25)29)32(41)37-24-16-33(34,35)17-24/h2-11,14,24,27-28H,12-13,15-19H2,1H3,(H,36,39)(H,37,41)/t27-,28+/m1/s1. The smallest absolute Gasteiger partial charge is 0.337 e. The van der Waals surface area contributed by atoms with E-state index in [1.807, 2.05) is 48.5 Å². The second kappa shape index (κ2) is 11.2. The van der Waals surface area contributed by atoms with E-state index in [0.29, 0.717) is 25.1 Å². The van der Waals surface area contributed by atoms with Gasteiger partial charge in [-0.1, -0.05) is 54.6 Å². The second-order valence-corrected chi connectivity index (χ2v) is 11.5. The van der Waals surface area contributed by atoms with Crippen molar-refractivity contribution in [3.8, 4) is 11.1 Å². The largest absolute Gasteiger partial charge is 0.465 e. The molecule has 3 aliphatic rings. The average molecular weight is 574 g/mol. The van der Waals surface area contributed by atoms with Gasteiger partial charge in [-0.05, 0) is 64.3 Å². The topological polar surface area (TPSA) is 87.7 Å². The average Bonchev–Trinajstić information content (AvgIpc) is 3.80. The Bertz CT molecular complexity index is 1520. The predicted molar refractivity (Wildman–Crippen MR) is 153 cm³/mol. The molecule has 9 heteroatoms. The van der Waals surface area contributed by atoms with Crippen molar-refractivity contribution < 1.29 is 27.9 Å². The first kappa shape index (κ1) is 27.9. The van der Waals surface area contributed by atoms with Crippen LogP contribution >= 0.6 is 0 Å². The number of nitrogens with one attached hydrogen (secondary N) is 2. The number of ether oxygens (including phenoxy) is 1. The number of benzene rings is 3. The Kier molecular flexibility index (Phi) is 7.43. The molecule has 6 rings (SSSR count). The molecule has 42 heavy (non-hydrogen) atoms. The lowest BCUT2D eigenvalue weighted by Crippen LogP contribution is -2.54. The monoisotopic (exact) mass is 573 g/mol. The van der Waals surface area contributed by atoms with Crippen LogP contribution in [0.2, 0.25) is 0 Å². The molecule has 3 aromatic rings. The first-order valence-electron chi connectivity index (χ1n) is 14.3. The first-order chi connectivity index (χ1) is 20.2. The number of esters is 1. The number of carbonyl (C=O) groups excluding carboxylic acids is 3. The summed E-state index contributed by atoms with van der Waals surface area (Å²) in [4.78, 5) is 39.9. The van der Waals surface area contributed by atoms with Gasteiger partial charge in [0.2, 0.25) is 5.91 Å². The van der Waals surface area contributed by atoms with E-state index in [-0.39, 0.29) is 43.2 Å². The summed E-state index contributed by atoms with van der Waals surface area (Å²) in [7, 11) is 1.34. The molecule has 3 amide bonds. The summed E-state index contributed by atoms with van der Waals surface area (Å²) in [5.74, 6) is -2.98. The molecule has 1 aliphatic heterocycles. The number of fused-ring (bicyclic) bond motifs is 1. The molecular weight excluding hydrogens is 540 g/mol. The van der Waals surface area contributed by atoms with Crippen LogP contribution in [0, 0.1) is 5.92 Å². The van der Waals surface area contributed by atoms with Crippen LogP contribution in [0.5, 0.6) is 0 Å². The van der Waals surface area contributed by atoms with Crippen LogP contribution in [0.4, 0.5) is 13.6 Å². The van der Waals surface area contributed by atoms with Crippen molar-refractivity contribution >= 4 is 17.9 Å². The number of halogens is 2. The fourth-order valence-electron chi connectivity index (χ4n) is 6.18. The zero-order valence-electron chi connectivity index (χ0n) is 23.4. The Hall–Kier alpha value is -4.27.